The molecular weight excluding hydrogens is 645 g/mol. The molecule has 0 saturated heterocycles. The average molecular weight is 681 g/mol. The number of ether oxygens (including phenoxy) is 1. The lowest BCUT2D eigenvalue weighted by molar-refractivity contribution is -0.145. The Morgan fingerprint density at radius 2 is 1.58 bits per heavy atom. The van der Waals surface area contributed by atoms with Crippen LogP contribution in [-0.4, -0.2) is 47.3 Å². The lowest BCUT2D eigenvalue weighted by Crippen LogP contribution is -2.49. The van der Waals surface area contributed by atoms with E-state index in [0.29, 0.717) is 21.9 Å². The SMILES string of the molecule is COC(=O)C(NC(=O)c1cnc(NCc2ccc(C(F)(F)F)cc2)nc1NCC(C(=N)c1ccc(Cl)cc1)c1ccccc1)C(C)(C)C. The van der Waals surface area contributed by atoms with Crippen LogP contribution in [0.2, 0.25) is 5.02 Å². The summed E-state index contributed by atoms with van der Waals surface area (Å²) in [5.41, 5.74) is 0.913. The number of carbonyl (C=O) groups excluding carboxylic acids is 2. The third-order valence-electron chi connectivity index (χ3n) is 7.52. The summed E-state index contributed by atoms with van der Waals surface area (Å²) in [4.78, 5) is 35.0. The monoisotopic (exact) mass is 680 g/mol. The first-order valence-electron chi connectivity index (χ1n) is 15.0. The minimum Gasteiger partial charge on any atom is -0.467 e. The van der Waals surface area contributed by atoms with Gasteiger partial charge in [-0.15, -0.1) is 0 Å². The summed E-state index contributed by atoms with van der Waals surface area (Å²) in [5.74, 6) is -1.54. The molecule has 0 saturated carbocycles. The van der Waals surface area contributed by atoms with E-state index in [1.165, 1.54) is 25.4 Å². The van der Waals surface area contributed by atoms with Crippen LogP contribution in [0.25, 0.3) is 0 Å². The molecule has 1 aromatic heterocycles. The maximum absolute atomic E-state index is 13.6. The van der Waals surface area contributed by atoms with Gasteiger partial charge in [-0.2, -0.15) is 18.2 Å². The van der Waals surface area contributed by atoms with Gasteiger partial charge in [-0.1, -0.05) is 87.0 Å². The second kappa shape index (κ2) is 15.3. The van der Waals surface area contributed by atoms with Gasteiger partial charge in [0.25, 0.3) is 5.91 Å². The molecule has 4 N–H and O–H groups in total. The summed E-state index contributed by atoms with van der Waals surface area (Å²) in [6.45, 7) is 5.59. The van der Waals surface area contributed by atoms with E-state index >= 15 is 0 Å². The number of halogens is 4. The van der Waals surface area contributed by atoms with E-state index in [0.717, 1.165) is 17.7 Å². The Morgan fingerprint density at radius 1 is 0.938 bits per heavy atom. The van der Waals surface area contributed by atoms with Gasteiger partial charge in [0.2, 0.25) is 5.95 Å². The summed E-state index contributed by atoms with van der Waals surface area (Å²) in [6, 6.07) is 20.0. The zero-order valence-electron chi connectivity index (χ0n) is 26.8. The molecule has 0 bridgehead atoms. The van der Waals surface area contributed by atoms with Crippen LogP contribution in [-0.2, 0) is 22.3 Å². The van der Waals surface area contributed by atoms with Crippen molar-refractivity contribution in [3.05, 3.63) is 118 Å². The van der Waals surface area contributed by atoms with Crippen molar-refractivity contribution >= 4 is 41.0 Å². The highest BCUT2D eigenvalue weighted by Gasteiger charge is 2.35. The Morgan fingerprint density at radius 3 is 2.17 bits per heavy atom. The highest BCUT2D eigenvalue weighted by Crippen LogP contribution is 2.29. The Balaban J connectivity index is 1.65. The molecule has 0 fully saturated rings. The van der Waals surface area contributed by atoms with Gasteiger partial charge in [0.05, 0.1) is 12.7 Å². The lowest BCUT2D eigenvalue weighted by Gasteiger charge is -2.29. The second-order valence-electron chi connectivity index (χ2n) is 12.1. The van der Waals surface area contributed by atoms with Crippen molar-refractivity contribution in [3.8, 4) is 0 Å². The largest absolute Gasteiger partial charge is 0.467 e. The number of hydrogen-bond acceptors (Lipinski definition) is 8. The van der Waals surface area contributed by atoms with Gasteiger partial charge in [-0.3, -0.25) is 4.79 Å². The van der Waals surface area contributed by atoms with E-state index in [1.807, 2.05) is 30.3 Å². The molecule has 252 valence electrons. The standard InChI is InChI=1S/C35H36ClF3N6O3/c1-34(2,3)29(32(47)48-4)44-31(46)27-20-43-33(42-18-21-10-14-24(15-11-21)35(37,38)39)45-30(27)41-19-26(22-8-6-5-7-9-22)28(40)23-12-16-25(36)17-13-23/h5-17,20,26,29,40H,18-19H2,1-4H3,(H,44,46)(H2,41,42,43,45). The minimum absolute atomic E-state index is 0.0260. The third-order valence-corrected chi connectivity index (χ3v) is 7.77. The number of nitrogens with zero attached hydrogens (tertiary/aromatic N) is 2. The molecule has 0 aliphatic rings. The first-order chi connectivity index (χ1) is 22.7. The fraction of sp³-hybridized carbons (Fsp3) is 0.286. The number of methoxy groups -OCH3 is 1. The average Bonchev–Trinajstić information content (AvgIpc) is 3.06. The third kappa shape index (κ3) is 9.31. The van der Waals surface area contributed by atoms with E-state index in [4.69, 9.17) is 21.7 Å². The molecule has 1 amide bonds. The fourth-order valence-corrected chi connectivity index (χ4v) is 4.94. The molecule has 4 rings (SSSR count). The van der Waals surface area contributed by atoms with Crippen molar-refractivity contribution in [1.82, 2.24) is 15.3 Å². The maximum atomic E-state index is 13.6. The van der Waals surface area contributed by atoms with E-state index in [-0.39, 0.29) is 30.4 Å². The van der Waals surface area contributed by atoms with Crippen molar-refractivity contribution in [2.45, 2.75) is 45.5 Å². The van der Waals surface area contributed by atoms with E-state index in [1.54, 1.807) is 45.0 Å². The van der Waals surface area contributed by atoms with Crippen molar-refractivity contribution in [3.63, 3.8) is 0 Å². The molecule has 2 unspecified atom stereocenters. The van der Waals surface area contributed by atoms with Gasteiger partial charge in [-0.05, 0) is 46.4 Å². The summed E-state index contributed by atoms with van der Waals surface area (Å²) in [7, 11) is 1.24. The van der Waals surface area contributed by atoms with Gasteiger partial charge in [0.1, 0.15) is 17.4 Å². The van der Waals surface area contributed by atoms with Gasteiger partial charge < -0.3 is 26.1 Å². The molecule has 0 spiro atoms. The quantitative estimate of drug-likeness (QED) is 0.0910. The van der Waals surface area contributed by atoms with E-state index in [9.17, 15) is 22.8 Å². The Kier molecular flexibility index (Phi) is 11.4. The highest BCUT2D eigenvalue weighted by atomic mass is 35.5. The normalized spacial score (nSPS) is 12.8. The molecule has 9 nitrogen and oxygen atoms in total. The number of nitrogens with one attached hydrogen (secondary N) is 4. The molecule has 0 aliphatic carbocycles. The molecule has 13 heteroatoms. The van der Waals surface area contributed by atoms with Crippen molar-refractivity contribution < 1.29 is 27.5 Å². The molecule has 1 heterocycles. The molecule has 0 radical (unpaired) electrons. The predicted octanol–water partition coefficient (Wildman–Crippen LogP) is 7.34. The zero-order valence-corrected chi connectivity index (χ0v) is 27.5. The van der Waals surface area contributed by atoms with Crippen LogP contribution < -0.4 is 16.0 Å². The van der Waals surface area contributed by atoms with Gasteiger partial charge in [-0.25, -0.2) is 9.78 Å². The summed E-state index contributed by atoms with van der Waals surface area (Å²) < 4.78 is 43.9. The van der Waals surface area contributed by atoms with Crippen molar-refractivity contribution in [2.24, 2.45) is 5.41 Å². The van der Waals surface area contributed by atoms with E-state index < -0.39 is 41.0 Å². The summed E-state index contributed by atoms with van der Waals surface area (Å²) in [6.07, 6.45) is -3.16. The predicted molar refractivity (Wildman–Crippen MR) is 179 cm³/mol. The Bertz CT molecular complexity index is 1730. The second-order valence-corrected chi connectivity index (χ2v) is 12.5. The topological polar surface area (TPSA) is 129 Å². The molecular formula is C35H36ClF3N6O3. The molecule has 2 atom stereocenters. The van der Waals surface area contributed by atoms with Crippen molar-refractivity contribution in [2.75, 3.05) is 24.3 Å². The Hall–Kier alpha value is -4.97. The van der Waals surface area contributed by atoms with Crippen LogP contribution in [0.3, 0.4) is 0 Å². The molecule has 48 heavy (non-hydrogen) atoms. The number of alkyl halides is 3. The number of aromatic nitrogens is 2. The number of rotatable bonds is 12. The zero-order chi connectivity index (χ0) is 35.1. The maximum Gasteiger partial charge on any atom is 0.416 e. The van der Waals surface area contributed by atoms with Crippen LogP contribution in [0.5, 0.6) is 0 Å². The Labute approximate surface area is 281 Å². The first kappa shape index (κ1) is 35.9. The first-order valence-corrected chi connectivity index (χ1v) is 15.3. The van der Waals surface area contributed by atoms with E-state index in [2.05, 4.69) is 25.9 Å². The van der Waals surface area contributed by atoms with Crippen LogP contribution in [0.4, 0.5) is 24.9 Å². The lowest BCUT2D eigenvalue weighted by atomic mass is 9.86. The van der Waals surface area contributed by atoms with Crippen LogP contribution >= 0.6 is 11.6 Å². The number of hydrogen-bond donors (Lipinski definition) is 4. The van der Waals surface area contributed by atoms with Gasteiger partial charge in [0.15, 0.2) is 0 Å². The minimum atomic E-state index is -4.45. The molecule has 3 aromatic carbocycles. The molecule has 0 aliphatic heterocycles. The van der Waals surface area contributed by atoms with Crippen molar-refractivity contribution in [1.29, 1.82) is 5.41 Å². The number of benzene rings is 3. The van der Waals surface area contributed by atoms with Crippen LogP contribution in [0, 0.1) is 10.8 Å². The smallest absolute Gasteiger partial charge is 0.416 e. The summed E-state index contributed by atoms with van der Waals surface area (Å²) in [5, 5.41) is 18.5. The fourth-order valence-electron chi connectivity index (χ4n) is 4.82. The highest BCUT2D eigenvalue weighted by molar-refractivity contribution is 6.30. The summed E-state index contributed by atoms with van der Waals surface area (Å²) >= 11 is 6.08. The number of carbonyl (C=O) groups is 2. The number of amides is 1. The van der Waals surface area contributed by atoms with Gasteiger partial charge in [0, 0.05) is 35.9 Å². The molecule has 4 aromatic rings. The van der Waals surface area contributed by atoms with Crippen LogP contribution in [0.1, 0.15) is 59.3 Å². The van der Waals surface area contributed by atoms with Gasteiger partial charge >= 0.3 is 12.1 Å². The van der Waals surface area contributed by atoms with Crippen LogP contribution in [0.15, 0.2) is 85.1 Å². The number of anilines is 2. The number of esters is 1.